The molecule has 0 aliphatic heterocycles. The van der Waals surface area contributed by atoms with Crippen LogP contribution >= 0.6 is 0 Å². The Hall–Kier alpha value is -3.13. The van der Waals surface area contributed by atoms with Gasteiger partial charge in [-0.1, -0.05) is 32.4 Å². The minimum atomic E-state index is -2.44. The van der Waals surface area contributed by atoms with Crippen LogP contribution in [0.2, 0.25) is 0 Å². The number of ether oxygens (including phenoxy) is 1. The molecule has 1 aromatic rings. The van der Waals surface area contributed by atoms with E-state index in [1.165, 1.54) is 6.92 Å². The van der Waals surface area contributed by atoms with Crippen molar-refractivity contribution in [3.8, 4) is 5.75 Å². The largest absolute Gasteiger partial charge is 0.507 e. The Kier molecular flexibility index (Phi) is 7.25. The van der Waals surface area contributed by atoms with Gasteiger partial charge in [0.05, 0.1) is 29.6 Å². The van der Waals surface area contributed by atoms with E-state index in [1.54, 1.807) is 20.8 Å². The van der Waals surface area contributed by atoms with E-state index >= 15 is 0 Å². The van der Waals surface area contributed by atoms with E-state index in [9.17, 15) is 34.2 Å². The van der Waals surface area contributed by atoms with Gasteiger partial charge in [-0.25, -0.2) is 0 Å². The van der Waals surface area contributed by atoms with Crippen LogP contribution in [-0.2, 0) is 36.8 Å². The first-order valence-corrected chi connectivity index (χ1v) is 13.4. The molecule has 0 radical (unpaired) electrons. The first-order valence-electron chi connectivity index (χ1n) is 13.4. The Balaban J connectivity index is 1.80. The third kappa shape index (κ3) is 4.13. The molecule has 3 aliphatic carbocycles. The number of carbonyl (C=O) groups excluding carboxylic acids is 5. The maximum atomic E-state index is 14.0. The second-order valence-electron chi connectivity index (χ2n) is 11.5. The third-order valence-corrected chi connectivity index (χ3v) is 8.57. The first-order chi connectivity index (χ1) is 17.7. The summed E-state index contributed by atoms with van der Waals surface area (Å²) in [5, 5.41) is 22.8. The summed E-state index contributed by atoms with van der Waals surface area (Å²) in [6.45, 7) is 10.5. The van der Waals surface area contributed by atoms with Crippen LogP contribution in [0.15, 0.2) is 17.2 Å². The lowest BCUT2D eigenvalue weighted by molar-refractivity contribution is -0.165. The summed E-state index contributed by atoms with van der Waals surface area (Å²) in [4.78, 5) is 65.5. The molecule has 8 heteroatoms. The minimum Gasteiger partial charge on any atom is -0.507 e. The van der Waals surface area contributed by atoms with Crippen molar-refractivity contribution in [3.63, 3.8) is 0 Å². The highest BCUT2D eigenvalue weighted by atomic mass is 16.5. The Bertz CT molecular complexity index is 1290. The number of phenols is 1. The minimum absolute atomic E-state index is 0.00105. The van der Waals surface area contributed by atoms with Gasteiger partial charge in [-0.05, 0) is 75.0 Å². The van der Waals surface area contributed by atoms with Crippen molar-refractivity contribution in [2.24, 2.45) is 23.7 Å². The predicted octanol–water partition coefficient (Wildman–Crippen LogP) is 3.43. The number of fused-ring (bicyclic) bond motifs is 3. The zero-order chi connectivity index (χ0) is 28.3. The number of Topliss-reactive ketones (excluding diaryl/α,β-unsaturated/α-hetero) is 4. The molecule has 0 spiro atoms. The van der Waals surface area contributed by atoms with E-state index in [1.807, 2.05) is 19.9 Å². The van der Waals surface area contributed by atoms with Crippen molar-refractivity contribution in [2.45, 2.75) is 78.7 Å². The predicted molar refractivity (Wildman–Crippen MR) is 138 cm³/mol. The SMILES string of the molecule is CCOC(=O)C(C)Cc1cc(C(C)C)c2c(c1O)C(=O)C1C(=O)C3(O)C(=O)C(C(C)=O)=C(C)CC3CC1C2. The highest BCUT2D eigenvalue weighted by Crippen LogP contribution is 2.52. The lowest BCUT2D eigenvalue weighted by Crippen LogP contribution is -2.64. The van der Waals surface area contributed by atoms with Crippen molar-refractivity contribution in [3.05, 3.63) is 39.5 Å². The maximum absolute atomic E-state index is 14.0. The monoisotopic (exact) mass is 524 g/mol. The van der Waals surface area contributed by atoms with Crippen LogP contribution in [0, 0.1) is 23.7 Å². The fourth-order valence-corrected chi connectivity index (χ4v) is 6.77. The van der Waals surface area contributed by atoms with Crippen LogP contribution in [0.3, 0.4) is 0 Å². The molecule has 5 atom stereocenters. The molecule has 0 amide bonds. The number of rotatable bonds is 6. The molecule has 0 heterocycles. The van der Waals surface area contributed by atoms with Crippen LogP contribution in [0.25, 0.3) is 0 Å². The number of benzene rings is 1. The lowest BCUT2D eigenvalue weighted by Gasteiger charge is -2.48. The topological polar surface area (TPSA) is 135 Å². The van der Waals surface area contributed by atoms with E-state index in [0.29, 0.717) is 23.1 Å². The fraction of sp³-hybridized carbons (Fsp3) is 0.567. The number of phenolic OH excluding ortho intramolecular Hbond substituents is 1. The number of aromatic hydroxyl groups is 1. The molecule has 38 heavy (non-hydrogen) atoms. The molecule has 1 fully saturated rings. The maximum Gasteiger partial charge on any atom is 0.308 e. The Morgan fingerprint density at radius 2 is 1.82 bits per heavy atom. The van der Waals surface area contributed by atoms with Crippen LogP contribution in [0.5, 0.6) is 5.75 Å². The second kappa shape index (κ2) is 9.88. The molecular formula is C30H36O8. The Morgan fingerprint density at radius 3 is 2.39 bits per heavy atom. The Morgan fingerprint density at radius 1 is 1.16 bits per heavy atom. The first kappa shape index (κ1) is 27.9. The van der Waals surface area contributed by atoms with Crippen LogP contribution in [0.4, 0.5) is 0 Å². The third-order valence-electron chi connectivity index (χ3n) is 8.57. The van der Waals surface area contributed by atoms with E-state index in [4.69, 9.17) is 4.74 Å². The molecular weight excluding hydrogens is 488 g/mol. The van der Waals surface area contributed by atoms with Crippen LogP contribution in [0.1, 0.15) is 87.4 Å². The normalized spacial score (nSPS) is 27.6. The standard InChI is InChI=1S/C30H36O8/c1-7-38-29(36)15(5)8-18-12-20(13(2)3)21-11-17-10-19-9-14(4)22(16(6)31)27(34)30(19,37)28(35)23(17)26(33)24(21)25(18)32/h12-13,15,17,19,23,32,37H,7-11H2,1-6H3. The number of esters is 1. The van der Waals surface area contributed by atoms with Gasteiger partial charge in [0, 0.05) is 5.92 Å². The molecule has 8 nitrogen and oxygen atoms in total. The highest BCUT2D eigenvalue weighted by molar-refractivity contribution is 6.32. The van der Waals surface area contributed by atoms with Crippen molar-refractivity contribution < 1.29 is 38.9 Å². The van der Waals surface area contributed by atoms with Gasteiger partial charge in [0.2, 0.25) is 5.78 Å². The van der Waals surface area contributed by atoms with Gasteiger partial charge < -0.3 is 14.9 Å². The Labute approximate surface area is 222 Å². The average Bonchev–Trinajstić information content (AvgIpc) is 2.82. The number of carbonyl (C=O) groups is 5. The fourth-order valence-electron chi connectivity index (χ4n) is 6.77. The smallest absolute Gasteiger partial charge is 0.308 e. The van der Waals surface area contributed by atoms with Gasteiger partial charge in [-0.2, -0.15) is 0 Å². The molecule has 2 N–H and O–H groups in total. The summed E-state index contributed by atoms with van der Waals surface area (Å²) in [7, 11) is 0. The van der Waals surface area contributed by atoms with E-state index in [-0.39, 0.29) is 48.7 Å². The molecule has 5 unspecified atom stereocenters. The van der Waals surface area contributed by atoms with Crippen molar-refractivity contribution in [2.75, 3.05) is 6.61 Å². The van der Waals surface area contributed by atoms with Gasteiger partial charge in [0.15, 0.2) is 23.0 Å². The van der Waals surface area contributed by atoms with Crippen LogP contribution in [-0.4, -0.2) is 51.5 Å². The quantitative estimate of drug-likeness (QED) is 0.328. The molecule has 0 aromatic heterocycles. The van der Waals surface area contributed by atoms with Crippen LogP contribution < -0.4 is 0 Å². The molecule has 0 saturated heterocycles. The summed E-state index contributed by atoms with van der Waals surface area (Å²) in [5.41, 5.74) is -0.0915. The summed E-state index contributed by atoms with van der Waals surface area (Å²) < 4.78 is 5.10. The summed E-state index contributed by atoms with van der Waals surface area (Å²) in [6, 6.07) is 1.83. The summed E-state index contributed by atoms with van der Waals surface area (Å²) in [6.07, 6.45) is 0.977. The van der Waals surface area contributed by atoms with Gasteiger partial charge in [0.25, 0.3) is 0 Å². The summed E-state index contributed by atoms with van der Waals surface area (Å²) in [5.74, 6) is -6.68. The molecule has 204 valence electrons. The van der Waals surface area contributed by atoms with Gasteiger partial charge >= 0.3 is 5.97 Å². The zero-order valence-electron chi connectivity index (χ0n) is 22.8. The number of hydrogen-bond acceptors (Lipinski definition) is 8. The summed E-state index contributed by atoms with van der Waals surface area (Å²) >= 11 is 0. The highest BCUT2D eigenvalue weighted by Gasteiger charge is 2.63. The molecule has 3 aliphatic rings. The van der Waals surface area contributed by atoms with Gasteiger partial charge in [-0.3, -0.25) is 24.0 Å². The van der Waals surface area contributed by atoms with Crippen molar-refractivity contribution in [1.82, 2.24) is 0 Å². The molecule has 1 aromatic carbocycles. The molecule has 0 bridgehead atoms. The number of allylic oxidation sites excluding steroid dienone is 1. The second-order valence-corrected chi connectivity index (χ2v) is 11.5. The molecule has 1 saturated carbocycles. The lowest BCUT2D eigenvalue weighted by atomic mass is 9.54. The average molecular weight is 525 g/mol. The van der Waals surface area contributed by atoms with Crippen molar-refractivity contribution >= 4 is 29.1 Å². The number of aliphatic hydroxyl groups is 1. The van der Waals surface area contributed by atoms with Gasteiger partial charge in [-0.15, -0.1) is 0 Å². The number of hydrogen-bond donors (Lipinski definition) is 2. The van der Waals surface area contributed by atoms with Gasteiger partial charge in [0.1, 0.15) is 5.75 Å². The van der Waals surface area contributed by atoms with E-state index < -0.39 is 58.4 Å². The van der Waals surface area contributed by atoms with E-state index in [2.05, 4.69) is 0 Å². The zero-order valence-corrected chi connectivity index (χ0v) is 22.8. The molecule has 4 rings (SSSR count). The van der Waals surface area contributed by atoms with Crippen molar-refractivity contribution in [1.29, 1.82) is 0 Å². The van der Waals surface area contributed by atoms with E-state index in [0.717, 1.165) is 5.56 Å². The number of ketones is 4.